The van der Waals surface area contributed by atoms with Crippen LogP contribution in [0.2, 0.25) is 0 Å². The SMILES string of the molecule is Cc1ccccc1N1CCN(c2cc(N3CC[C@@H](N(C)C)C3)c(/C=N/NC(N)=S)cc2F)CC1. The molecule has 2 aromatic carbocycles. The Morgan fingerprint density at radius 2 is 1.74 bits per heavy atom. The van der Waals surface area contributed by atoms with Gasteiger partial charge in [-0.3, -0.25) is 5.43 Å². The minimum atomic E-state index is -0.242. The fourth-order valence-electron chi connectivity index (χ4n) is 4.84. The van der Waals surface area contributed by atoms with Crippen molar-refractivity contribution in [2.24, 2.45) is 10.8 Å². The zero-order chi connectivity index (χ0) is 24.2. The van der Waals surface area contributed by atoms with Crippen LogP contribution in [0.1, 0.15) is 17.5 Å². The van der Waals surface area contributed by atoms with Crippen LogP contribution in [-0.4, -0.2) is 75.6 Å². The second-order valence-electron chi connectivity index (χ2n) is 9.21. The molecule has 2 aromatic rings. The van der Waals surface area contributed by atoms with E-state index in [-0.39, 0.29) is 10.9 Å². The quantitative estimate of drug-likeness (QED) is 0.372. The zero-order valence-electron chi connectivity index (χ0n) is 20.2. The van der Waals surface area contributed by atoms with Crippen molar-refractivity contribution < 1.29 is 4.39 Å². The monoisotopic (exact) mass is 483 g/mol. The molecule has 7 nitrogen and oxygen atoms in total. The highest BCUT2D eigenvalue weighted by molar-refractivity contribution is 7.80. The second kappa shape index (κ2) is 10.6. The number of nitrogens with one attached hydrogen (secondary N) is 1. The molecular formula is C25H34FN7S. The first-order valence-electron chi connectivity index (χ1n) is 11.7. The van der Waals surface area contributed by atoms with Crippen LogP contribution in [-0.2, 0) is 0 Å². The lowest BCUT2D eigenvalue weighted by molar-refractivity contribution is 0.315. The van der Waals surface area contributed by atoms with Crippen LogP contribution in [0.15, 0.2) is 41.5 Å². The average molecular weight is 484 g/mol. The zero-order valence-corrected chi connectivity index (χ0v) is 21.0. The molecule has 0 saturated carbocycles. The van der Waals surface area contributed by atoms with Gasteiger partial charge in [0.05, 0.1) is 11.9 Å². The summed E-state index contributed by atoms with van der Waals surface area (Å²) in [6.07, 6.45) is 2.66. The molecule has 3 N–H and O–H groups in total. The van der Waals surface area contributed by atoms with Crippen LogP contribution < -0.4 is 25.9 Å². The number of likely N-dealkylation sites (N-methyl/N-ethyl adjacent to an activating group) is 1. The van der Waals surface area contributed by atoms with E-state index in [1.165, 1.54) is 11.3 Å². The summed E-state index contributed by atoms with van der Waals surface area (Å²) in [5.74, 6) is -0.242. The van der Waals surface area contributed by atoms with Gasteiger partial charge >= 0.3 is 0 Å². The Hall–Kier alpha value is -2.91. The number of anilines is 3. The molecule has 2 fully saturated rings. The number of thiocarbonyl (C=S) groups is 1. The molecule has 0 aliphatic carbocycles. The van der Waals surface area contributed by atoms with Crippen molar-refractivity contribution in [2.45, 2.75) is 19.4 Å². The molecule has 1 atom stereocenters. The first-order valence-corrected chi connectivity index (χ1v) is 12.1. The van der Waals surface area contributed by atoms with Crippen molar-refractivity contribution in [3.8, 4) is 0 Å². The largest absolute Gasteiger partial charge is 0.375 e. The Kier molecular flexibility index (Phi) is 7.53. The number of nitrogens with zero attached hydrogens (tertiary/aromatic N) is 5. The summed E-state index contributed by atoms with van der Waals surface area (Å²) in [5, 5.41) is 4.18. The van der Waals surface area contributed by atoms with Crippen LogP contribution >= 0.6 is 12.2 Å². The van der Waals surface area contributed by atoms with E-state index in [1.54, 1.807) is 12.3 Å². The van der Waals surface area contributed by atoms with Crippen LogP contribution in [0.3, 0.4) is 0 Å². The van der Waals surface area contributed by atoms with Gasteiger partial charge in [0, 0.05) is 62.2 Å². The van der Waals surface area contributed by atoms with Gasteiger partial charge in [0.15, 0.2) is 5.11 Å². The van der Waals surface area contributed by atoms with Crippen molar-refractivity contribution in [3.63, 3.8) is 0 Å². The summed E-state index contributed by atoms with van der Waals surface area (Å²) in [4.78, 5) is 9.10. The van der Waals surface area contributed by atoms with Gasteiger partial charge in [-0.2, -0.15) is 5.10 Å². The molecule has 2 heterocycles. The summed E-state index contributed by atoms with van der Waals surface area (Å²) in [6.45, 7) is 7.18. The molecule has 0 unspecified atom stereocenters. The van der Waals surface area contributed by atoms with Gasteiger partial charge in [0.2, 0.25) is 0 Å². The van der Waals surface area contributed by atoms with Crippen LogP contribution in [0.25, 0.3) is 0 Å². The molecule has 9 heteroatoms. The van der Waals surface area contributed by atoms with E-state index >= 15 is 4.39 Å². The standard InChI is InChI=1S/C25H34FN7S/c1-18-6-4-5-7-22(18)31-10-12-32(13-11-31)24-15-23(33-9-8-20(17-33)30(2)3)19(14-21(24)26)16-28-29-25(27)34/h4-7,14-16,20H,8-13,17H2,1-3H3,(H3,27,29,34)/b28-16+/t20-/m1/s1. The van der Waals surface area contributed by atoms with Crippen molar-refractivity contribution in [1.29, 1.82) is 0 Å². The predicted molar refractivity (Wildman–Crippen MR) is 144 cm³/mol. The smallest absolute Gasteiger partial charge is 0.184 e. The molecule has 0 amide bonds. The third-order valence-corrected chi connectivity index (χ3v) is 6.88. The molecule has 2 aliphatic rings. The van der Waals surface area contributed by atoms with E-state index in [0.29, 0.717) is 17.3 Å². The van der Waals surface area contributed by atoms with Crippen molar-refractivity contribution >= 4 is 40.6 Å². The minimum Gasteiger partial charge on any atom is -0.375 e. The number of piperazine rings is 1. The Morgan fingerprint density at radius 3 is 2.35 bits per heavy atom. The lowest BCUT2D eigenvalue weighted by Crippen LogP contribution is -2.47. The van der Waals surface area contributed by atoms with Gasteiger partial charge in [-0.05, 0) is 63.4 Å². The number of benzene rings is 2. The fourth-order valence-corrected chi connectivity index (χ4v) is 4.89. The molecule has 0 radical (unpaired) electrons. The van der Waals surface area contributed by atoms with E-state index < -0.39 is 0 Å². The van der Waals surface area contributed by atoms with E-state index in [2.05, 4.69) is 75.4 Å². The number of hydrogen-bond acceptors (Lipinski definition) is 6. The highest BCUT2D eigenvalue weighted by atomic mass is 32.1. The lowest BCUT2D eigenvalue weighted by atomic mass is 10.1. The highest BCUT2D eigenvalue weighted by Gasteiger charge is 2.28. The molecule has 0 aromatic heterocycles. The second-order valence-corrected chi connectivity index (χ2v) is 9.65. The number of hydrazone groups is 1. The van der Waals surface area contributed by atoms with Gasteiger partial charge in [-0.15, -0.1) is 0 Å². The summed E-state index contributed by atoms with van der Waals surface area (Å²) >= 11 is 4.83. The summed E-state index contributed by atoms with van der Waals surface area (Å²) < 4.78 is 15.4. The fraction of sp³-hybridized carbons (Fsp3) is 0.440. The molecule has 0 spiro atoms. The number of halogens is 1. The van der Waals surface area contributed by atoms with Crippen molar-refractivity contribution in [1.82, 2.24) is 10.3 Å². The molecule has 4 rings (SSSR count). The number of rotatable bonds is 6. The third kappa shape index (κ3) is 5.42. The maximum absolute atomic E-state index is 15.4. The van der Waals surface area contributed by atoms with Gasteiger partial charge in [0.25, 0.3) is 0 Å². The third-order valence-electron chi connectivity index (χ3n) is 6.79. The number of hydrogen-bond donors (Lipinski definition) is 2. The van der Waals surface area contributed by atoms with Crippen LogP contribution in [0.5, 0.6) is 0 Å². The van der Waals surface area contributed by atoms with Gasteiger partial charge in [-0.1, -0.05) is 18.2 Å². The van der Waals surface area contributed by atoms with E-state index in [9.17, 15) is 0 Å². The van der Waals surface area contributed by atoms with Gasteiger partial charge in [-0.25, -0.2) is 4.39 Å². The first kappa shape index (κ1) is 24.2. The maximum atomic E-state index is 15.4. The highest BCUT2D eigenvalue weighted by Crippen LogP contribution is 2.33. The van der Waals surface area contributed by atoms with Crippen molar-refractivity contribution in [2.75, 3.05) is 68.1 Å². The first-order chi connectivity index (χ1) is 16.3. The van der Waals surface area contributed by atoms with E-state index in [1.807, 2.05) is 6.07 Å². The van der Waals surface area contributed by atoms with Crippen LogP contribution in [0, 0.1) is 12.7 Å². The number of para-hydroxylation sites is 1. The topological polar surface area (TPSA) is 63.4 Å². The van der Waals surface area contributed by atoms with E-state index in [4.69, 9.17) is 18.0 Å². The molecule has 182 valence electrons. The normalized spacial score (nSPS) is 18.9. The molecular weight excluding hydrogens is 449 g/mol. The van der Waals surface area contributed by atoms with Crippen molar-refractivity contribution in [3.05, 3.63) is 53.3 Å². The summed E-state index contributed by atoms with van der Waals surface area (Å²) in [5.41, 5.74) is 12.9. The minimum absolute atomic E-state index is 0.0789. The molecule has 2 saturated heterocycles. The van der Waals surface area contributed by atoms with Crippen LogP contribution in [0.4, 0.5) is 21.5 Å². The lowest BCUT2D eigenvalue weighted by Gasteiger charge is -2.38. The predicted octanol–water partition coefficient (Wildman–Crippen LogP) is 2.77. The summed E-state index contributed by atoms with van der Waals surface area (Å²) in [6, 6.07) is 12.5. The Balaban J connectivity index is 1.57. The number of aryl methyl sites for hydroxylation is 1. The molecule has 34 heavy (non-hydrogen) atoms. The Labute approximate surface area is 207 Å². The summed E-state index contributed by atoms with van der Waals surface area (Å²) in [7, 11) is 4.21. The van der Waals surface area contributed by atoms with E-state index in [0.717, 1.165) is 51.4 Å². The van der Waals surface area contributed by atoms with Gasteiger partial charge < -0.3 is 25.3 Å². The maximum Gasteiger partial charge on any atom is 0.184 e. The molecule has 0 bridgehead atoms. The van der Waals surface area contributed by atoms with Gasteiger partial charge in [0.1, 0.15) is 5.82 Å². The average Bonchev–Trinajstić information content (AvgIpc) is 3.30. The Morgan fingerprint density at radius 1 is 1.06 bits per heavy atom. The Bertz CT molecular complexity index is 1050. The number of nitrogens with two attached hydrogens (primary N) is 1. The molecule has 2 aliphatic heterocycles.